The van der Waals surface area contributed by atoms with E-state index in [2.05, 4.69) is 21.4 Å². The van der Waals surface area contributed by atoms with Crippen molar-refractivity contribution in [2.45, 2.75) is 4.90 Å². The normalized spacial score (nSPS) is 10.8. The first-order valence-corrected chi connectivity index (χ1v) is 8.37. The fourth-order valence-electron chi connectivity index (χ4n) is 2.08. The van der Waals surface area contributed by atoms with Crippen LogP contribution < -0.4 is 11.1 Å². The summed E-state index contributed by atoms with van der Waals surface area (Å²) in [6, 6.07) is 10.8. The van der Waals surface area contributed by atoms with Gasteiger partial charge in [-0.15, -0.1) is 11.8 Å². The smallest absolute Gasteiger partial charge is 0.286 e. The van der Waals surface area contributed by atoms with E-state index in [0.29, 0.717) is 22.4 Å². The van der Waals surface area contributed by atoms with Crippen LogP contribution in [0, 0.1) is 11.9 Å². The lowest BCUT2D eigenvalue weighted by Crippen LogP contribution is -2.16. The molecule has 1 heterocycles. The highest BCUT2D eigenvalue weighted by molar-refractivity contribution is 7.98. The number of hydrogen-bond acceptors (Lipinski definition) is 5. The second-order valence-corrected chi connectivity index (χ2v) is 6.07. The zero-order chi connectivity index (χ0) is 17.3. The highest BCUT2D eigenvalue weighted by Crippen LogP contribution is 2.28. The van der Waals surface area contributed by atoms with E-state index in [1.54, 1.807) is 12.1 Å². The van der Waals surface area contributed by atoms with Gasteiger partial charge in [-0.3, -0.25) is 4.79 Å². The standard InChI is InChI=1S/C16H11ClFN4OS/c1-24-9-3-4-10-13(7-9)21-16(14(19)23)22-15(10)20-8-2-5-12(18)11(17)6-8/h2,4-7H,1H3,(H2,19,23)(H,20,21,22). The third-order valence-electron chi connectivity index (χ3n) is 3.22. The molecule has 0 aliphatic rings. The van der Waals surface area contributed by atoms with Crippen molar-refractivity contribution < 1.29 is 9.18 Å². The zero-order valence-corrected chi connectivity index (χ0v) is 14.0. The van der Waals surface area contributed by atoms with Crippen molar-refractivity contribution in [2.24, 2.45) is 5.73 Å². The number of amides is 1. The third kappa shape index (κ3) is 3.27. The minimum atomic E-state index is -0.740. The quantitative estimate of drug-likeness (QED) is 0.691. The van der Waals surface area contributed by atoms with Crippen LogP contribution in [0.1, 0.15) is 10.6 Å². The number of carbonyl (C=O) groups is 1. The molecule has 5 nitrogen and oxygen atoms in total. The Kier molecular flexibility index (Phi) is 4.55. The summed E-state index contributed by atoms with van der Waals surface area (Å²) in [7, 11) is 0. The molecular formula is C16H11ClFN4OS. The Morgan fingerprint density at radius 2 is 2.17 bits per heavy atom. The Morgan fingerprint density at radius 3 is 2.83 bits per heavy atom. The monoisotopic (exact) mass is 361 g/mol. The van der Waals surface area contributed by atoms with E-state index in [4.69, 9.17) is 17.3 Å². The van der Waals surface area contributed by atoms with Crippen molar-refractivity contribution in [3.63, 3.8) is 0 Å². The maximum absolute atomic E-state index is 13.3. The molecule has 3 N–H and O–H groups in total. The van der Waals surface area contributed by atoms with Gasteiger partial charge in [-0.05, 0) is 42.7 Å². The fraction of sp³-hybridized carbons (Fsp3) is 0.0625. The molecule has 3 aromatic rings. The lowest BCUT2D eigenvalue weighted by molar-refractivity contribution is 0.0991. The molecule has 0 bridgehead atoms. The summed E-state index contributed by atoms with van der Waals surface area (Å²) >= 11 is 7.29. The SMILES string of the molecule is CSc1[c]cc2c(Nc3ccc(F)c(Cl)c3)nc(C(N)=O)nc2c1. The van der Waals surface area contributed by atoms with Gasteiger partial charge in [-0.2, -0.15) is 0 Å². The summed E-state index contributed by atoms with van der Waals surface area (Å²) < 4.78 is 13.3. The maximum Gasteiger partial charge on any atom is 0.286 e. The summed E-state index contributed by atoms with van der Waals surface area (Å²) in [5.74, 6) is -1.02. The lowest BCUT2D eigenvalue weighted by Gasteiger charge is -2.11. The molecule has 0 aliphatic heterocycles. The van der Waals surface area contributed by atoms with E-state index in [1.165, 1.54) is 30.0 Å². The number of thioether (sulfide) groups is 1. The van der Waals surface area contributed by atoms with Gasteiger partial charge in [-0.1, -0.05) is 11.6 Å². The van der Waals surface area contributed by atoms with Gasteiger partial charge in [0, 0.05) is 16.0 Å². The van der Waals surface area contributed by atoms with Gasteiger partial charge in [-0.25, -0.2) is 14.4 Å². The van der Waals surface area contributed by atoms with Gasteiger partial charge in [0.25, 0.3) is 5.91 Å². The molecule has 0 unspecified atom stereocenters. The largest absolute Gasteiger partial charge is 0.363 e. The summed E-state index contributed by atoms with van der Waals surface area (Å²) in [5.41, 5.74) is 6.38. The number of nitrogens with one attached hydrogen (secondary N) is 1. The predicted octanol–water partition coefficient (Wildman–Crippen LogP) is 3.79. The van der Waals surface area contributed by atoms with Gasteiger partial charge < -0.3 is 11.1 Å². The molecule has 3 rings (SSSR count). The maximum atomic E-state index is 13.3. The molecule has 0 atom stereocenters. The Bertz CT molecular complexity index is 951. The number of rotatable bonds is 4. The Hall–Kier alpha value is -2.38. The second kappa shape index (κ2) is 6.62. The highest BCUT2D eigenvalue weighted by atomic mass is 35.5. The van der Waals surface area contributed by atoms with E-state index in [1.807, 2.05) is 6.26 Å². The highest BCUT2D eigenvalue weighted by Gasteiger charge is 2.13. The second-order valence-electron chi connectivity index (χ2n) is 4.81. The molecule has 0 aliphatic carbocycles. The number of primary amides is 1. The minimum absolute atomic E-state index is 0.0234. The van der Waals surface area contributed by atoms with E-state index in [0.717, 1.165) is 4.90 Å². The fourth-order valence-corrected chi connectivity index (χ4v) is 2.67. The van der Waals surface area contributed by atoms with Gasteiger partial charge in [0.15, 0.2) is 0 Å². The van der Waals surface area contributed by atoms with Gasteiger partial charge in [0.05, 0.1) is 10.5 Å². The van der Waals surface area contributed by atoms with Crippen molar-refractivity contribution in [3.05, 3.63) is 53.1 Å². The molecule has 121 valence electrons. The molecule has 1 amide bonds. The molecule has 8 heteroatoms. The van der Waals surface area contributed by atoms with Crippen molar-refractivity contribution in [1.29, 1.82) is 0 Å². The van der Waals surface area contributed by atoms with Crippen LogP contribution in [0.25, 0.3) is 10.9 Å². The Labute approximate surface area is 146 Å². The average molecular weight is 362 g/mol. The molecule has 0 saturated carbocycles. The number of nitrogens with zero attached hydrogens (tertiary/aromatic N) is 2. The number of nitrogens with two attached hydrogens (primary N) is 1. The Balaban J connectivity index is 2.13. The molecule has 0 spiro atoms. The van der Waals surface area contributed by atoms with E-state index in [9.17, 15) is 9.18 Å². The van der Waals surface area contributed by atoms with Crippen LogP contribution in [0.4, 0.5) is 15.9 Å². The van der Waals surface area contributed by atoms with Crippen LogP contribution in [0.3, 0.4) is 0 Å². The van der Waals surface area contributed by atoms with Crippen molar-refractivity contribution in [3.8, 4) is 0 Å². The van der Waals surface area contributed by atoms with Gasteiger partial charge in [0.2, 0.25) is 5.82 Å². The average Bonchev–Trinajstić information content (AvgIpc) is 2.57. The number of benzene rings is 2. The van der Waals surface area contributed by atoms with E-state index < -0.39 is 11.7 Å². The molecule has 0 fully saturated rings. The van der Waals surface area contributed by atoms with Crippen LogP contribution in [0.5, 0.6) is 0 Å². The summed E-state index contributed by atoms with van der Waals surface area (Å²) in [4.78, 5) is 20.7. The lowest BCUT2D eigenvalue weighted by atomic mass is 10.2. The van der Waals surface area contributed by atoms with E-state index in [-0.39, 0.29) is 10.8 Å². The first kappa shape index (κ1) is 16.5. The minimum Gasteiger partial charge on any atom is -0.363 e. The van der Waals surface area contributed by atoms with Crippen molar-refractivity contribution >= 4 is 51.7 Å². The van der Waals surface area contributed by atoms with Gasteiger partial charge >= 0.3 is 0 Å². The number of aromatic nitrogens is 2. The third-order valence-corrected chi connectivity index (χ3v) is 4.19. The first-order valence-electron chi connectivity index (χ1n) is 6.77. The number of carbonyl (C=O) groups excluding carboxylic acids is 1. The number of fused-ring (bicyclic) bond motifs is 1. The van der Waals surface area contributed by atoms with Gasteiger partial charge in [0.1, 0.15) is 11.6 Å². The van der Waals surface area contributed by atoms with E-state index >= 15 is 0 Å². The summed E-state index contributed by atoms with van der Waals surface area (Å²) in [6.45, 7) is 0. The van der Waals surface area contributed by atoms with Crippen LogP contribution in [0.15, 0.2) is 35.2 Å². The zero-order valence-electron chi connectivity index (χ0n) is 12.4. The first-order chi connectivity index (χ1) is 11.5. The molecule has 2 aromatic carbocycles. The molecule has 1 aromatic heterocycles. The topological polar surface area (TPSA) is 80.9 Å². The predicted molar refractivity (Wildman–Crippen MR) is 93.4 cm³/mol. The van der Waals surface area contributed by atoms with Crippen LogP contribution in [-0.4, -0.2) is 22.1 Å². The van der Waals surface area contributed by atoms with Crippen molar-refractivity contribution in [2.75, 3.05) is 11.6 Å². The van der Waals surface area contributed by atoms with Crippen LogP contribution in [-0.2, 0) is 0 Å². The number of anilines is 2. The number of hydrogen-bond donors (Lipinski definition) is 2. The molecular weight excluding hydrogens is 351 g/mol. The van der Waals surface area contributed by atoms with Crippen LogP contribution in [0.2, 0.25) is 5.02 Å². The molecule has 0 saturated heterocycles. The summed E-state index contributed by atoms with van der Waals surface area (Å²) in [6.07, 6.45) is 1.91. The van der Waals surface area contributed by atoms with Crippen LogP contribution >= 0.6 is 23.4 Å². The summed E-state index contributed by atoms with van der Waals surface area (Å²) in [5, 5.41) is 3.64. The Morgan fingerprint density at radius 1 is 1.38 bits per heavy atom. The molecule has 1 radical (unpaired) electrons. The number of halogens is 2. The van der Waals surface area contributed by atoms with Crippen molar-refractivity contribution in [1.82, 2.24) is 9.97 Å². The molecule has 24 heavy (non-hydrogen) atoms.